The Kier molecular flexibility index (Phi) is 5.02. The van der Waals surface area contributed by atoms with Gasteiger partial charge in [-0.05, 0) is 50.3 Å². The molecule has 5 heteroatoms. The van der Waals surface area contributed by atoms with Gasteiger partial charge in [0.05, 0.1) is 16.7 Å². The van der Waals surface area contributed by atoms with Crippen molar-refractivity contribution in [3.63, 3.8) is 0 Å². The molecule has 1 fully saturated rings. The van der Waals surface area contributed by atoms with Gasteiger partial charge in [-0.2, -0.15) is 0 Å². The molecule has 2 aromatic rings. The lowest BCUT2D eigenvalue weighted by Gasteiger charge is -2.25. The molecule has 0 bridgehead atoms. The second-order valence-corrected chi connectivity index (χ2v) is 7.50. The van der Waals surface area contributed by atoms with Crippen molar-refractivity contribution in [3.8, 4) is 0 Å². The predicted molar refractivity (Wildman–Crippen MR) is 95.3 cm³/mol. The van der Waals surface area contributed by atoms with Gasteiger partial charge in [-0.1, -0.05) is 30.7 Å². The third kappa shape index (κ3) is 3.43. The van der Waals surface area contributed by atoms with E-state index in [0.717, 1.165) is 58.4 Å². The fraction of sp³-hybridized carbons (Fsp3) is 0.444. The summed E-state index contributed by atoms with van der Waals surface area (Å²) in [5.41, 5.74) is 1.99. The monoisotopic (exact) mass is 348 g/mol. The third-order valence-electron chi connectivity index (χ3n) is 4.25. The smallest absolute Gasteiger partial charge is 0.266 e. The number of rotatable bonds is 4. The van der Waals surface area contributed by atoms with Gasteiger partial charge in [-0.15, -0.1) is 11.3 Å². The Bertz CT molecular complexity index is 713. The molecule has 1 atom stereocenters. The van der Waals surface area contributed by atoms with Gasteiger partial charge in [-0.3, -0.25) is 4.79 Å². The second-order valence-electron chi connectivity index (χ2n) is 5.98. The van der Waals surface area contributed by atoms with Gasteiger partial charge < -0.3 is 4.90 Å². The van der Waals surface area contributed by atoms with Crippen LogP contribution < -0.4 is 0 Å². The fourth-order valence-corrected chi connectivity index (χ4v) is 4.49. The normalized spacial score (nSPS) is 17.7. The molecule has 3 nitrogen and oxygen atoms in total. The molecule has 122 valence electrons. The molecule has 0 radical (unpaired) electrons. The minimum atomic E-state index is 0.116. The van der Waals surface area contributed by atoms with Crippen LogP contribution in [-0.2, 0) is 6.42 Å². The molecule has 1 saturated heterocycles. The number of aryl methyl sites for hydroxylation is 2. The van der Waals surface area contributed by atoms with Crippen LogP contribution in [0.3, 0.4) is 0 Å². The number of thiazole rings is 1. The number of likely N-dealkylation sites (tertiary alicyclic amines) is 1. The first-order valence-electron chi connectivity index (χ1n) is 8.13. The summed E-state index contributed by atoms with van der Waals surface area (Å²) in [5.74, 6) is 0.116. The zero-order valence-corrected chi connectivity index (χ0v) is 15.1. The minimum absolute atomic E-state index is 0.116. The highest BCUT2D eigenvalue weighted by atomic mass is 35.5. The van der Waals surface area contributed by atoms with E-state index in [9.17, 15) is 4.79 Å². The molecule has 1 aliphatic rings. The number of benzene rings is 1. The number of amides is 1. The number of halogens is 1. The molecule has 0 aliphatic carbocycles. The van der Waals surface area contributed by atoms with E-state index in [1.54, 1.807) is 11.3 Å². The van der Waals surface area contributed by atoms with E-state index in [2.05, 4.69) is 18.0 Å². The average Bonchev–Trinajstić information content (AvgIpc) is 3.14. The maximum atomic E-state index is 13.0. The summed E-state index contributed by atoms with van der Waals surface area (Å²) in [6.07, 6.45) is 4.01. The lowest BCUT2D eigenvalue weighted by atomic mass is 10.0. The standard InChI is InChI=1S/C18H21ClN2OS/c1-3-6-16-20-12(2)17(23-16)18(22)21-10-5-9-15(21)13-7-4-8-14(19)11-13/h4,7-8,11,15H,3,5-6,9-10H2,1-2H3/t15-/m0/s1. The Hall–Kier alpha value is -1.39. The summed E-state index contributed by atoms with van der Waals surface area (Å²) < 4.78 is 0. The van der Waals surface area contributed by atoms with Gasteiger partial charge in [-0.25, -0.2) is 4.98 Å². The van der Waals surface area contributed by atoms with Gasteiger partial charge in [0, 0.05) is 11.6 Å². The van der Waals surface area contributed by atoms with Crippen molar-refractivity contribution in [2.75, 3.05) is 6.54 Å². The predicted octanol–water partition coefficient (Wildman–Crippen LogP) is 5.03. The number of carbonyl (C=O) groups is 1. The molecule has 1 aromatic heterocycles. The number of carbonyl (C=O) groups excluding carboxylic acids is 1. The van der Waals surface area contributed by atoms with E-state index in [0.29, 0.717) is 0 Å². The molecule has 3 rings (SSSR count). The molecule has 2 heterocycles. The molecule has 0 saturated carbocycles. The van der Waals surface area contributed by atoms with Gasteiger partial charge in [0.25, 0.3) is 5.91 Å². The summed E-state index contributed by atoms with van der Waals surface area (Å²) in [4.78, 5) is 20.4. The average molecular weight is 349 g/mol. The Labute approximate surface area is 146 Å². The zero-order valence-electron chi connectivity index (χ0n) is 13.5. The van der Waals surface area contributed by atoms with Crippen molar-refractivity contribution >= 4 is 28.8 Å². The summed E-state index contributed by atoms with van der Waals surface area (Å²) in [7, 11) is 0. The highest BCUT2D eigenvalue weighted by molar-refractivity contribution is 7.13. The Morgan fingerprint density at radius 1 is 1.48 bits per heavy atom. The molecule has 0 spiro atoms. The van der Waals surface area contributed by atoms with Gasteiger partial charge >= 0.3 is 0 Å². The molecule has 1 aliphatic heterocycles. The summed E-state index contributed by atoms with van der Waals surface area (Å²) >= 11 is 7.67. The molecular formula is C18H21ClN2OS. The highest BCUT2D eigenvalue weighted by Gasteiger charge is 2.32. The van der Waals surface area contributed by atoms with Crippen LogP contribution in [0.2, 0.25) is 5.02 Å². The van der Waals surface area contributed by atoms with Crippen LogP contribution in [0.5, 0.6) is 0 Å². The number of aromatic nitrogens is 1. The third-order valence-corrected chi connectivity index (χ3v) is 5.69. The zero-order chi connectivity index (χ0) is 16.4. The molecular weight excluding hydrogens is 328 g/mol. The van der Waals surface area contributed by atoms with Crippen LogP contribution in [-0.4, -0.2) is 22.3 Å². The van der Waals surface area contributed by atoms with Crippen LogP contribution in [0.1, 0.15) is 58.2 Å². The number of hydrogen-bond acceptors (Lipinski definition) is 3. The first-order valence-corrected chi connectivity index (χ1v) is 9.32. The number of nitrogens with zero attached hydrogens (tertiary/aromatic N) is 2. The largest absolute Gasteiger partial charge is 0.331 e. The molecule has 23 heavy (non-hydrogen) atoms. The Balaban J connectivity index is 1.86. The maximum Gasteiger partial charge on any atom is 0.266 e. The van der Waals surface area contributed by atoms with Crippen LogP contribution in [0, 0.1) is 6.92 Å². The van der Waals surface area contributed by atoms with Gasteiger partial charge in [0.1, 0.15) is 4.88 Å². The quantitative estimate of drug-likeness (QED) is 0.775. The number of hydrogen-bond donors (Lipinski definition) is 0. The summed E-state index contributed by atoms with van der Waals surface area (Å²) in [5, 5.41) is 1.79. The van der Waals surface area contributed by atoms with Gasteiger partial charge in [0.15, 0.2) is 0 Å². The van der Waals surface area contributed by atoms with Crippen molar-refractivity contribution in [2.45, 2.75) is 45.6 Å². The molecule has 1 aromatic carbocycles. The van der Waals surface area contributed by atoms with Crippen LogP contribution >= 0.6 is 22.9 Å². The lowest BCUT2D eigenvalue weighted by molar-refractivity contribution is 0.0739. The second kappa shape index (κ2) is 7.02. The van der Waals surface area contributed by atoms with Gasteiger partial charge in [0.2, 0.25) is 0 Å². The van der Waals surface area contributed by atoms with Crippen LogP contribution in [0.25, 0.3) is 0 Å². The molecule has 0 N–H and O–H groups in total. The van der Waals surface area contributed by atoms with E-state index in [1.807, 2.05) is 30.0 Å². The molecule has 0 unspecified atom stereocenters. The van der Waals surface area contributed by atoms with Crippen molar-refractivity contribution < 1.29 is 4.79 Å². The molecule has 1 amide bonds. The SMILES string of the molecule is CCCc1nc(C)c(C(=O)N2CCC[C@H]2c2cccc(Cl)c2)s1. The first-order chi connectivity index (χ1) is 11.1. The van der Waals surface area contributed by atoms with E-state index < -0.39 is 0 Å². The summed E-state index contributed by atoms with van der Waals surface area (Å²) in [6.45, 7) is 4.87. The van der Waals surface area contributed by atoms with E-state index in [-0.39, 0.29) is 11.9 Å². The lowest BCUT2D eigenvalue weighted by Crippen LogP contribution is -2.30. The maximum absolute atomic E-state index is 13.0. The van der Waals surface area contributed by atoms with Crippen molar-refractivity contribution in [2.24, 2.45) is 0 Å². The Morgan fingerprint density at radius 2 is 2.30 bits per heavy atom. The van der Waals surface area contributed by atoms with Crippen molar-refractivity contribution in [1.29, 1.82) is 0 Å². The van der Waals surface area contributed by atoms with E-state index >= 15 is 0 Å². The highest BCUT2D eigenvalue weighted by Crippen LogP contribution is 2.35. The minimum Gasteiger partial charge on any atom is -0.331 e. The van der Waals surface area contributed by atoms with E-state index in [1.165, 1.54) is 0 Å². The van der Waals surface area contributed by atoms with E-state index in [4.69, 9.17) is 11.6 Å². The first kappa shape index (κ1) is 16.5. The topological polar surface area (TPSA) is 33.2 Å². The Morgan fingerprint density at radius 3 is 3.04 bits per heavy atom. The van der Waals surface area contributed by atoms with Crippen molar-refractivity contribution in [3.05, 3.63) is 50.4 Å². The van der Waals surface area contributed by atoms with Crippen molar-refractivity contribution in [1.82, 2.24) is 9.88 Å². The van der Waals surface area contributed by atoms with Crippen LogP contribution in [0.15, 0.2) is 24.3 Å². The fourth-order valence-electron chi connectivity index (χ4n) is 3.17. The van der Waals surface area contributed by atoms with Crippen LogP contribution in [0.4, 0.5) is 0 Å². The summed E-state index contributed by atoms with van der Waals surface area (Å²) in [6, 6.07) is 7.98.